The SMILES string of the molecule is CC(O)C(NC(=O)C(CCCCN)NC(=O)C(NC(=O)C(N)Cc1cnc[nH]1)C(C)O)C(=O)O. The lowest BCUT2D eigenvalue weighted by atomic mass is 10.0. The first-order valence-corrected chi connectivity index (χ1v) is 10.9. The molecule has 0 radical (unpaired) electrons. The summed E-state index contributed by atoms with van der Waals surface area (Å²) in [6.07, 6.45) is 1.39. The van der Waals surface area contributed by atoms with Crippen molar-refractivity contribution in [2.45, 2.75) is 75.9 Å². The second kappa shape index (κ2) is 14.2. The van der Waals surface area contributed by atoms with Crippen LogP contribution in [-0.2, 0) is 25.6 Å². The van der Waals surface area contributed by atoms with Gasteiger partial charge in [0.15, 0.2) is 6.04 Å². The number of aromatic amines is 1. The zero-order valence-electron chi connectivity index (χ0n) is 19.2. The average Bonchev–Trinajstić information content (AvgIpc) is 3.26. The minimum Gasteiger partial charge on any atom is -0.480 e. The Morgan fingerprint density at radius 2 is 1.62 bits per heavy atom. The fourth-order valence-electron chi connectivity index (χ4n) is 3.06. The molecule has 6 unspecified atom stereocenters. The fraction of sp³-hybridized carbons (Fsp3) is 0.650. The zero-order valence-corrected chi connectivity index (χ0v) is 19.2. The minimum atomic E-state index is -1.59. The molecule has 0 saturated carbocycles. The molecule has 0 aliphatic rings. The van der Waals surface area contributed by atoms with Crippen LogP contribution in [-0.4, -0.2) is 91.9 Å². The Kier molecular flexibility index (Phi) is 12.1. The number of imidazole rings is 1. The van der Waals surface area contributed by atoms with Gasteiger partial charge in [0.2, 0.25) is 17.7 Å². The summed E-state index contributed by atoms with van der Waals surface area (Å²) >= 11 is 0. The van der Waals surface area contributed by atoms with E-state index in [0.29, 0.717) is 25.1 Å². The van der Waals surface area contributed by atoms with Gasteiger partial charge in [0.1, 0.15) is 12.1 Å². The van der Waals surface area contributed by atoms with Gasteiger partial charge in [0.25, 0.3) is 0 Å². The van der Waals surface area contributed by atoms with Crippen molar-refractivity contribution in [3.8, 4) is 0 Å². The Morgan fingerprint density at radius 3 is 2.12 bits per heavy atom. The predicted molar refractivity (Wildman–Crippen MR) is 120 cm³/mol. The third kappa shape index (κ3) is 9.43. The second-order valence-corrected chi connectivity index (χ2v) is 8.03. The molecule has 1 rings (SSSR count). The molecular formula is C20H35N7O7. The van der Waals surface area contributed by atoms with E-state index in [4.69, 9.17) is 11.5 Å². The van der Waals surface area contributed by atoms with E-state index in [-0.39, 0.29) is 12.8 Å². The molecule has 192 valence electrons. The highest BCUT2D eigenvalue weighted by atomic mass is 16.4. The fourth-order valence-corrected chi connectivity index (χ4v) is 3.06. The molecule has 0 aliphatic carbocycles. The van der Waals surface area contributed by atoms with Gasteiger partial charge in [-0.1, -0.05) is 0 Å². The maximum Gasteiger partial charge on any atom is 0.328 e. The van der Waals surface area contributed by atoms with Crippen molar-refractivity contribution in [3.63, 3.8) is 0 Å². The lowest BCUT2D eigenvalue weighted by molar-refractivity contribution is -0.145. The number of nitrogens with two attached hydrogens (primary N) is 2. The van der Waals surface area contributed by atoms with Gasteiger partial charge in [0.05, 0.1) is 24.6 Å². The summed E-state index contributed by atoms with van der Waals surface area (Å²) in [5.74, 6) is -3.87. The van der Waals surface area contributed by atoms with E-state index in [2.05, 4.69) is 25.9 Å². The van der Waals surface area contributed by atoms with E-state index in [0.717, 1.165) is 0 Å². The van der Waals surface area contributed by atoms with Crippen LogP contribution in [0, 0.1) is 0 Å². The maximum atomic E-state index is 12.8. The van der Waals surface area contributed by atoms with Crippen molar-refractivity contribution < 1.29 is 34.5 Å². The van der Waals surface area contributed by atoms with E-state index in [1.165, 1.54) is 26.4 Å². The van der Waals surface area contributed by atoms with Gasteiger partial charge in [-0.15, -0.1) is 0 Å². The molecule has 0 fully saturated rings. The largest absolute Gasteiger partial charge is 0.480 e. The number of nitrogens with zero attached hydrogens (tertiary/aromatic N) is 1. The molecule has 0 saturated heterocycles. The maximum absolute atomic E-state index is 12.8. The summed E-state index contributed by atoms with van der Waals surface area (Å²) in [5, 5.41) is 35.9. The number of carboxylic acid groups (broad SMARTS) is 1. The van der Waals surface area contributed by atoms with Crippen molar-refractivity contribution in [1.29, 1.82) is 0 Å². The monoisotopic (exact) mass is 485 g/mol. The molecule has 1 aromatic heterocycles. The number of aliphatic hydroxyl groups is 2. The smallest absolute Gasteiger partial charge is 0.328 e. The average molecular weight is 486 g/mol. The number of nitrogens with one attached hydrogen (secondary N) is 4. The van der Waals surface area contributed by atoms with E-state index < -0.39 is 60.1 Å². The molecule has 11 N–H and O–H groups in total. The number of hydrogen-bond donors (Lipinski definition) is 9. The summed E-state index contributed by atoms with van der Waals surface area (Å²) in [7, 11) is 0. The van der Waals surface area contributed by atoms with Crippen LogP contribution in [0.1, 0.15) is 38.8 Å². The molecule has 0 bridgehead atoms. The number of aromatic nitrogens is 2. The highest BCUT2D eigenvalue weighted by Gasteiger charge is 2.33. The highest BCUT2D eigenvalue weighted by molar-refractivity contribution is 5.94. The van der Waals surface area contributed by atoms with Crippen LogP contribution in [0.15, 0.2) is 12.5 Å². The van der Waals surface area contributed by atoms with Crippen LogP contribution in [0.2, 0.25) is 0 Å². The van der Waals surface area contributed by atoms with Crippen molar-refractivity contribution in [1.82, 2.24) is 25.9 Å². The van der Waals surface area contributed by atoms with Crippen LogP contribution in [0.4, 0.5) is 0 Å². The molecule has 3 amide bonds. The molecule has 14 heteroatoms. The van der Waals surface area contributed by atoms with Gasteiger partial charge in [-0.2, -0.15) is 0 Å². The van der Waals surface area contributed by atoms with E-state index in [9.17, 15) is 34.5 Å². The van der Waals surface area contributed by atoms with Gasteiger partial charge in [-0.05, 0) is 39.7 Å². The molecule has 1 heterocycles. The van der Waals surface area contributed by atoms with Crippen LogP contribution in [0.3, 0.4) is 0 Å². The predicted octanol–water partition coefficient (Wildman–Crippen LogP) is -3.29. The number of aliphatic carboxylic acids is 1. The molecule has 0 spiro atoms. The first-order chi connectivity index (χ1) is 16.0. The van der Waals surface area contributed by atoms with Crippen molar-refractivity contribution in [2.75, 3.05) is 6.54 Å². The second-order valence-electron chi connectivity index (χ2n) is 8.03. The van der Waals surface area contributed by atoms with Crippen molar-refractivity contribution in [2.24, 2.45) is 11.5 Å². The number of amides is 3. The van der Waals surface area contributed by atoms with Gasteiger partial charge in [-0.3, -0.25) is 14.4 Å². The van der Waals surface area contributed by atoms with Crippen LogP contribution >= 0.6 is 0 Å². The Labute approximate surface area is 196 Å². The van der Waals surface area contributed by atoms with Crippen molar-refractivity contribution in [3.05, 3.63) is 18.2 Å². The quantitative estimate of drug-likeness (QED) is 0.112. The Bertz CT molecular complexity index is 801. The molecule has 0 aliphatic heterocycles. The number of unbranched alkanes of at least 4 members (excludes halogenated alkanes) is 1. The molecule has 34 heavy (non-hydrogen) atoms. The molecular weight excluding hydrogens is 450 g/mol. The number of rotatable bonds is 15. The van der Waals surface area contributed by atoms with Crippen molar-refractivity contribution >= 4 is 23.7 Å². The molecule has 6 atom stereocenters. The van der Waals surface area contributed by atoms with Gasteiger partial charge >= 0.3 is 5.97 Å². The Morgan fingerprint density at radius 1 is 1.00 bits per heavy atom. The zero-order chi connectivity index (χ0) is 25.8. The highest BCUT2D eigenvalue weighted by Crippen LogP contribution is 2.05. The molecule has 0 aromatic carbocycles. The normalized spacial score (nSPS) is 16.4. The van der Waals surface area contributed by atoms with Crippen LogP contribution in [0.25, 0.3) is 0 Å². The first kappa shape index (κ1) is 29.0. The third-order valence-corrected chi connectivity index (χ3v) is 5.02. The molecule has 1 aromatic rings. The number of carbonyl (C=O) groups is 4. The number of H-pyrrole nitrogens is 1. The number of aliphatic hydroxyl groups excluding tert-OH is 2. The summed E-state index contributed by atoms with van der Waals surface area (Å²) in [5.41, 5.74) is 11.9. The van der Waals surface area contributed by atoms with E-state index >= 15 is 0 Å². The first-order valence-electron chi connectivity index (χ1n) is 10.9. The number of carbonyl (C=O) groups excluding carboxylic acids is 3. The van der Waals surface area contributed by atoms with Gasteiger partial charge < -0.3 is 47.7 Å². The van der Waals surface area contributed by atoms with E-state index in [1.54, 1.807) is 0 Å². The molecule has 14 nitrogen and oxygen atoms in total. The Hall–Kier alpha value is -3.07. The Balaban J connectivity index is 2.90. The minimum absolute atomic E-state index is 0.111. The lowest BCUT2D eigenvalue weighted by Crippen LogP contribution is -2.60. The van der Waals surface area contributed by atoms with E-state index in [1.807, 2.05) is 0 Å². The summed E-state index contributed by atoms with van der Waals surface area (Å²) < 4.78 is 0. The van der Waals surface area contributed by atoms with Crippen LogP contribution < -0.4 is 27.4 Å². The topological polar surface area (TPSA) is 246 Å². The van der Waals surface area contributed by atoms with Gasteiger partial charge in [-0.25, -0.2) is 9.78 Å². The van der Waals surface area contributed by atoms with Crippen LogP contribution in [0.5, 0.6) is 0 Å². The number of carboxylic acids is 1. The summed E-state index contributed by atoms with van der Waals surface area (Å²) in [4.78, 5) is 55.9. The summed E-state index contributed by atoms with van der Waals surface area (Å²) in [6.45, 7) is 2.82. The standard InChI is InChI=1S/C20H35N7O7/c1-10(28)15(26-17(30)13(22)7-12-8-23-9-24-12)19(32)25-14(5-3-4-6-21)18(31)27-16(11(2)29)20(33)34/h8-11,13-16,28-29H,3-7,21-22H2,1-2H3,(H,23,24)(H,25,32)(H,26,30)(H,27,31)(H,33,34). The lowest BCUT2D eigenvalue weighted by Gasteiger charge is -2.27. The van der Waals surface area contributed by atoms with Gasteiger partial charge in [0, 0.05) is 18.3 Å². The summed E-state index contributed by atoms with van der Waals surface area (Å²) in [6, 6.07) is -5.26. The third-order valence-electron chi connectivity index (χ3n) is 5.02. The number of hydrogen-bond acceptors (Lipinski definition) is 9.